The molecule has 0 aliphatic rings. The smallest absolute Gasteiger partial charge is 0.326 e. The zero-order valence-electron chi connectivity index (χ0n) is 15.1. The Balaban J connectivity index is 1.85. The fraction of sp³-hybridized carbons (Fsp3) is 0.263. The molecule has 0 unspecified atom stereocenters. The number of rotatable bonds is 6. The molecule has 0 spiro atoms. The lowest BCUT2D eigenvalue weighted by atomic mass is 10.2. The average molecular weight is 354 g/mol. The third kappa shape index (κ3) is 3.56. The van der Waals surface area contributed by atoms with Crippen LogP contribution in [0.5, 0.6) is 11.5 Å². The van der Waals surface area contributed by atoms with Crippen LogP contribution in [0.3, 0.4) is 0 Å². The van der Waals surface area contributed by atoms with E-state index in [1.807, 2.05) is 28.8 Å². The van der Waals surface area contributed by atoms with Gasteiger partial charge in [-0.05, 0) is 30.7 Å². The molecule has 1 heterocycles. The predicted molar refractivity (Wildman–Crippen MR) is 102 cm³/mol. The van der Waals surface area contributed by atoms with Gasteiger partial charge in [-0.2, -0.15) is 0 Å². The highest BCUT2D eigenvalue weighted by atomic mass is 16.5. The second-order valence-corrected chi connectivity index (χ2v) is 5.72. The number of aromatic nitrogens is 2. The number of imidazole rings is 1. The van der Waals surface area contributed by atoms with E-state index in [0.29, 0.717) is 23.1 Å². The van der Waals surface area contributed by atoms with Gasteiger partial charge >= 0.3 is 6.03 Å². The summed E-state index contributed by atoms with van der Waals surface area (Å²) in [6.07, 6.45) is 0.931. The van der Waals surface area contributed by atoms with Gasteiger partial charge in [0.15, 0.2) is 0 Å². The van der Waals surface area contributed by atoms with Crippen molar-refractivity contribution in [3.8, 4) is 11.5 Å². The highest BCUT2D eigenvalue weighted by molar-refractivity contribution is 6.00. The van der Waals surface area contributed by atoms with Crippen LogP contribution in [-0.2, 0) is 6.54 Å². The summed E-state index contributed by atoms with van der Waals surface area (Å²) in [4.78, 5) is 17.0. The number of nitrogens with zero attached hydrogens (tertiary/aromatic N) is 2. The molecule has 0 aliphatic carbocycles. The van der Waals surface area contributed by atoms with Crippen molar-refractivity contribution in [1.82, 2.24) is 9.55 Å². The molecule has 0 radical (unpaired) electrons. The van der Waals surface area contributed by atoms with Gasteiger partial charge in [0, 0.05) is 12.6 Å². The Bertz CT molecular complexity index is 920. The third-order valence-electron chi connectivity index (χ3n) is 3.98. The molecule has 2 N–H and O–H groups in total. The summed E-state index contributed by atoms with van der Waals surface area (Å²) in [5.74, 6) is 1.68. The zero-order valence-corrected chi connectivity index (χ0v) is 15.1. The number of methoxy groups -OCH3 is 2. The minimum absolute atomic E-state index is 0.399. The number of fused-ring (bicyclic) bond motifs is 1. The van der Waals surface area contributed by atoms with Crippen LogP contribution < -0.4 is 20.1 Å². The van der Waals surface area contributed by atoms with Crippen LogP contribution in [0.4, 0.5) is 16.4 Å². The fourth-order valence-electron chi connectivity index (χ4n) is 2.79. The maximum Gasteiger partial charge on any atom is 0.326 e. The second kappa shape index (κ2) is 7.77. The number of amides is 2. The Morgan fingerprint density at radius 2 is 1.92 bits per heavy atom. The number of nitrogens with one attached hydrogen (secondary N) is 2. The first kappa shape index (κ1) is 17.6. The van der Waals surface area contributed by atoms with Gasteiger partial charge in [0.1, 0.15) is 11.5 Å². The summed E-state index contributed by atoms with van der Waals surface area (Å²) in [5, 5.41) is 5.62. The summed E-state index contributed by atoms with van der Waals surface area (Å²) >= 11 is 0. The minimum atomic E-state index is -0.399. The summed E-state index contributed by atoms with van der Waals surface area (Å²) < 4.78 is 12.5. The van der Waals surface area contributed by atoms with Crippen molar-refractivity contribution in [3.63, 3.8) is 0 Å². The van der Waals surface area contributed by atoms with Crippen LogP contribution >= 0.6 is 0 Å². The minimum Gasteiger partial charge on any atom is -0.497 e. The van der Waals surface area contributed by atoms with E-state index in [0.717, 1.165) is 24.0 Å². The molecular weight excluding hydrogens is 332 g/mol. The average Bonchev–Trinajstić information content (AvgIpc) is 2.99. The predicted octanol–water partition coefficient (Wildman–Crippen LogP) is 4.11. The summed E-state index contributed by atoms with van der Waals surface area (Å²) in [5.41, 5.74) is 2.35. The van der Waals surface area contributed by atoms with Crippen LogP contribution in [0.25, 0.3) is 11.0 Å². The Morgan fingerprint density at radius 1 is 1.12 bits per heavy atom. The van der Waals surface area contributed by atoms with Crippen LogP contribution in [-0.4, -0.2) is 29.8 Å². The molecule has 2 amide bonds. The van der Waals surface area contributed by atoms with E-state index < -0.39 is 6.03 Å². The number of anilines is 2. The molecule has 0 saturated carbocycles. The molecule has 0 aliphatic heterocycles. The number of carbonyl (C=O) groups is 1. The van der Waals surface area contributed by atoms with E-state index in [-0.39, 0.29) is 0 Å². The number of hydrogen-bond acceptors (Lipinski definition) is 4. The standard InChI is InChI=1S/C19H22N4O3/c1-4-11-23-16-8-6-5-7-14(16)20-18(23)22-19(24)21-15-12-13(25-2)9-10-17(15)26-3/h5-10,12H,4,11H2,1-3H3,(H2,20,21,22,24). The van der Waals surface area contributed by atoms with E-state index >= 15 is 0 Å². The monoisotopic (exact) mass is 354 g/mol. The van der Waals surface area contributed by atoms with Crippen molar-refractivity contribution < 1.29 is 14.3 Å². The van der Waals surface area contributed by atoms with Crippen LogP contribution in [0, 0.1) is 0 Å². The summed E-state index contributed by atoms with van der Waals surface area (Å²) in [6, 6.07) is 12.6. The molecule has 136 valence electrons. The molecule has 3 aromatic rings. The lowest BCUT2D eigenvalue weighted by molar-refractivity contribution is 0.261. The van der Waals surface area contributed by atoms with Gasteiger partial charge < -0.3 is 19.4 Å². The quantitative estimate of drug-likeness (QED) is 0.698. The van der Waals surface area contributed by atoms with Crippen molar-refractivity contribution in [2.75, 3.05) is 24.9 Å². The van der Waals surface area contributed by atoms with Gasteiger partial charge in [0.25, 0.3) is 0 Å². The molecule has 26 heavy (non-hydrogen) atoms. The topological polar surface area (TPSA) is 77.4 Å². The summed E-state index contributed by atoms with van der Waals surface area (Å²) in [7, 11) is 3.12. The highest BCUT2D eigenvalue weighted by Gasteiger charge is 2.14. The Hall–Kier alpha value is -3.22. The van der Waals surface area contributed by atoms with Crippen LogP contribution in [0.2, 0.25) is 0 Å². The fourth-order valence-corrected chi connectivity index (χ4v) is 2.79. The number of aryl methyl sites for hydroxylation is 1. The van der Waals surface area contributed by atoms with E-state index in [1.165, 1.54) is 0 Å². The molecule has 7 heteroatoms. The highest BCUT2D eigenvalue weighted by Crippen LogP contribution is 2.29. The maximum atomic E-state index is 12.5. The van der Waals surface area contributed by atoms with E-state index in [4.69, 9.17) is 9.47 Å². The van der Waals surface area contributed by atoms with Crippen molar-refractivity contribution >= 4 is 28.7 Å². The molecule has 0 saturated heterocycles. The van der Waals surface area contributed by atoms with E-state index in [2.05, 4.69) is 22.5 Å². The number of benzene rings is 2. The summed E-state index contributed by atoms with van der Waals surface area (Å²) in [6.45, 7) is 2.85. The lowest BCUT2D eigenvalue weighted by Crippen LogP contribution is -2.22. The van der Waals surface area contributed by atoms with Crippen LogP contribution in [0.15, 0.2) is 42.5 Å². The number of urea groups is 1. The first-order chi connectivity index (χ1) is 12.7. The molecule has 0 fully saturated rings. The van der Waals surface area contributed by atoms with E-state index in [1.54, 1.807) is 32.4 Å². The molecule has 1 aromatic heterocycles. The first-order valence-electron chi connectivity index (χ1n) is 8.41. The number of carbonyl (C=O) groups excluding carboxylic acids is 1. The Kier molecular flexibility index (Phi) is 5.26. The van der Waals surface area contributed by atoms with E-state index in [9.17, 15) is 4.79 Å². The van der Waals surface area contributed by atoms with Crippen molar-refractivity contribution in [2.24, 2.45) is 0 Å². The Morgan fingerprint density at radius 3 is 2.65 bits per heavy atom. The zero-order chi connectivity index (χ0) is 18.5. The SMILES string of the molecule is CCCn1c(NC(=O)Nc2cc(OC)ccc2OC)nc2ccccc21. The van der Waals surface area contributed by atoms with Gasteiger partial charge in [-0.3, -0.25) is 5.32 Å². The van der Waals surface area contributed by atoms with Crippen LogP contribution in [0.1, 0.15) is 13.3 Å². The van der Waals surface area contributed by atoms with Crippen molar-refractivity contribution in [3.05, 3.63) is 42.5 Å². The second-order valence-electron chi connectivity index (χ2n) is 5.72. The first-order valence-corrected chi connectivity index (χ1v) is 8.41. The van der Waals surface area contributed by atoms with Crippen molar-refractivity contribution in [1.29, 1.82) is 0 Å². The molecule has 3 rings (SSSR count). The van der Waals surface area contributed by atoms with Gasteiger partial charge in [-0.1, -0.05) is 19.1 Å². The molecule has 7 nitrogen and oxygen atoms in total. The molecular formula is C19H22N4O3. The Labute approximate surface area is 151 Å². The van der Waals surface area contributed by atoms with Crippen molar-refractivity contribution in [2.45, 2.75) is 19.9 Å². The third-order valence-corrected chi connectivity index (χ3v) is 3.98. The lowest BCUT2D eigenvalue weighted by Gasteiger charge is -2.13. The molecule has 0 atom stereocenters. The number of hydrogen-bond donors (Lipinski definition) is 2. The number of para-hydroxylation sites is 2. The number of ether oxygens (including phenoxy) is 2. The van der Waals surface area contributed by atoms with Gasteiger partial charge in [-0.15, -0.1) is 0 Å². The largest absolute Gasteiger partial charge is 0.497 e. The normalized spacial score (nSPS) is 10.6. The van der Waals surface area contributed by atoms with Gasteiger partial charge in [-0.25, -0.2) is 9.78 Å². The van der Waals surface area contributed by atoms with Gasteiger partial charge in [0.2, 0.25) is 5.95 Å². The molecule has 0 bridgehead atoms. The van der Waals surface area contributed by atoms with Gasteiger partial charge in [0.05, 0.1) is 30.9 Å². The molecule has 2 aromatic carbocycles. The maximum absolute atomic E-state index is 12.5.